The van der Waals surface area contributed by atoms with Crippen LogP contribution in [0.25, 0.3) is 0 Å². The zero-order valence-corrected chi connectivity index (χ0v) is 11.0. The molecule has 1 unspecified atom stereocenters. The Kier molecular flexibility index (Phi) is 4.10. The van der Waals surface area contributed by atoms with E-state index in [0.29, 0.717) is 31.5 Å². The summed E-state index contributed by atoms with van der Waals surface area (Å²) < 4.78 is 39.2. The number of hydrogen-bond donors (Lipinski definition) is 1. The minimum Gasteiger partial charge on any atom is -0.317 e. The van der Waals surface area contributed by atoms with Crippen LogP contribution in [-0.2, 0) is 19.3 Å². The van der Waals surface area contributed by atoms with Crippen molar-refractivity contribution < 1.29 is 13.2 Å². The maximum Gasteiger partial charge on any atom is 0.451 e. The van der Waals surface area contributed by atoms with Gasteiger partial charge >= 0.3 is 6.18 Å². The van der Waals surface area contributed by atoms with Gasteiger partial charge in [0.05, 0.1) is 6.54 Å². The molecular formula is C11H18F3N5. The first-order chi connectivity index (χ1) is 8.91. The molecule has 0 bridgehead atoms. The average Bonchev–Trinajstić information content (AvgIpc) is 2.78. The van der Waals surface area contributed by atoms with Gasteiger partial charge in [0, 0.05) is 25.7 Å². The Balaban J connectivity index is 2.00. The topological polar surface area (TPSA) is 46.0 Å². The van der Waals surface area contributed by atoms with Crippen LogP contribution in [-0.4, -0.2) is 45.8 Å². The van der Waals surface area contributed by atoms with Crippen LogP contribution in [0.2, 0.25) is 0 Å². The fourth-order valence-electron chi connectivity index (χ4n) is 2.13. The Morgan fingerprint density at radius 3 is 2.68 bits per heavy atom. The van der Waals surface area contributed by atoms with Gasteiger partial charge in [0.25, 0.3) is 0 Å². The molecule has 0 saturated heterocycles. The van der Waals surface area contributed by atoms with Crippen LogP contribution in [0.4, 0.5) is 13.2 Å². The summed E-state index contributed by atoms with van der Waals surface area (Å²) in [6.07, 6.45) is -3.47. The first-order valence-electron chi connectivity index (χ1n) is 6.30. The number of nitrogens with one attached hydrogen (secondary N) is 1. The Bertz CT molecular complexity index is 428. The van der Waals surface area contributed by atoms with Crippen LogP contribution in [0, 0.1) is 0 Å². The number of rotatable bonds is 4. The lowest BCUT2D eigenvalue weighted by molar-refractivity contribution is -0.148. The molecule has 0 fully saturated rings. The predicted molar refractivity (Wildman–Crippen MR) is 63.4 cm³/mol. The summed E-state index contributed by atoms with van der Waals surface area (Å²) >= 11 is 0. The van der Waals surface area contributed by atoms with Crippen molar-refractivity contribution in [3.63, 3.8) is 0 Å². The van der Waals surface area contributed by atoms with E-state index in [1.807, 2.05) is 7.05 Å². The van der Waals surface area contributed by atoms with Crippen LogP contribution in [0.3, 0.4) is 0 Å². The first kappa shape index (κ1) is 14.3. The number of fused-ring (bicyclic) bond motifs is 1. The second-order valence-electron chi connectivity index (χ2n) is 4.84. The average molecular weight is 277 g/mol. The van der Waals surface area contributed by atoms with Gasteiger partial charge in [0.1, 0.15) is 5.82 Å². The summed E-state index contributed by atoms with van der Waals surface area (Å²) in [7, 11) is 1.90. The lowest BCUT2D eigenvalue weighted by Gasteiger charge is -2.28. The zero-order chi connectivity index (χ0) is 14.0. The molecule has 108 valence electrons. The Morgan fingerprint density at radius 1 is 1.32 bits per heavy atom. The lowest BCUT2D eigenvalue weighted by atomic mass is 10.2. The predicted octanol–water partition coefficient (Wildman–Crippen LogP) is 1.11. The van der Waals surface area contributed by atoms with Gasteiger partial charge in [-0.25, -0.2) is 0 Å². The molecule has 0 radical (unpaired) electrons. The minimum absolute atomic E-state index is 0.297. The van der Waals surface area contributed by atoms with Gasteiger partial charge in [-0.05, 0) is 20.4 Å². The summed E-state index contributed by atoms with van der Waals surface area (Å²) in [6.45, 7) is 4.25. The van der Waals surface area contributed by atoms with Crippen LogP contribution in [0.5, 0.6) is 0 Å². The highest BCUT2D eigenvalue weighted by atomic mass is 19.4. The molecule has 5 nitrogen and oxygen atoms in total. The SMILES string of the molecule is CNC(C)CCN1CCn2c(nnc2C(F)(F)F)C1. The summed E-state index contributed by atoms with van der Waals surface area (Å²) in [5, 5.41) is 10.1. The maximum atomic E-state index is 12.7. The molecule has 0 aliphatic carbocycles. The Labute approximate surface area is 109 Å². The molecule has 1 atom stereocenters. The monoisotopic (exact) mass is 277 g/mol. The van der Waals surface area contributed by atoms with Crippen molar-refractivity contribution in [1.82, 2.24) is 25.0 Å². The number of nitrogens with zero attached hydrogens (tertiary/aromatic N) is 4. The van der Waals surface area contributed by atoms with Crippen LogP contribution in [0.1, 0.15) is 25.0 Å². The summed E-state index contributed by atoms with van der Waals surface area (Å²) in [5.41, 5.74) is 0. The van der Waals surface area contributed by atoms with E-state index in [-0.39, 0.29) is 0 Å². The normalized spacial score (nSPS) is 18.4. The van der Waals surface area contributed by atoms with Crippen molar-refractivity contribution >= 4 is 0 Å². The molecule has 0 spiro atoms. The van der Waals surface area contributed by atoms with Gasteiger partial charge in [-0.3, -0.25) is 4.90 Å². The fourth-order valence-corrected chi connectivity index (χ4v) is 2.13. The third-order valence-electron chi connectivity index (χ3n) is 3.46. The van der Waals surface area contributed by atoms with E-state index in [0.717, 1.165) is 13.0 Å². The van der Waals surface area contributed by atoms with Crippen molar-refractivity contribution in [2.45, 2.75) is 38.7 Å². The molecule has 2 rings (SSSR count). The molecule has 2 heterocycles. The highest BCUT2D eigenvalue weighted by Crippen LogP contribution is 2.29. The van der Waals surface area contributed by atoms with Gasteiger partial charge < -0.3 is 9.88 Å². The quantitative estimate of drug-likeness (QED) is 0.895. The highest BCUT2D eigenvalue weighted by molar-refractivity contribution is 5.02. The van der Waals surface area contributed by atoms with Crippen LogP contribution >= 0.6 is 0 Å². The summed E-state index contributed by atoms with van der Waals surface area (Å²) in [5.74, 6) is -0.485. The molecule has 1 N–H and O–H groups in total. The van der Waals surface area contributed by atoms with E-state index >= 15 is 0 Å². The number of alkyl halides is 3. The van der Waals surface area contributed by atoms with E-state index in [1.165, 1.54) is 4.57 Å². The highest BCUT2D eigenvalue weighted by Gasteiger charge is 2.39. The number of halogens is 3. The standard InChI is InChI=1S/C11H18F3N5/c1-8(15-2)3-4-18-5-6-19-9(7-18)16-17-10(19)11(12,13)14/h8,15H,3-7H2,1-2H3. The smallest absolute Gasteiger partial charge is 0.317 e. The second kappa shape index (κ2) is 5.46. The molecule has 1 aromatic heterocycles. The number of aromatic nitrogens is 3. The van der Waals surface area contributed by atoms with Crippen molar-refractivity contribution in [2.75, 3.05) is 20.1 Å². The van der Waals surface area contributed by atoms with Gasteiger partial charge in [-0.1, -0.05) is 0 Å². The van der Waals surface area contributed by atoms with E-state index in [4.69, 9.17) is 0 Å². The maximum absolute atomic E-state index is 12.7. The summed E-state index contributed by atoms with van der Waals surface area (Å²) in [6, 6.07) is 0.394. The summed E-state index contributed by atoms with van der Waals surface area (Å²) in [4.78, 5) is 2.11. The molecule has 0 saturated carbocycles. The van der Waals surface area contributed by atoms with Gasteiger partial charge in [0.2, 0.25) is 5.82 Å². The number of hydrogen-bond acceptors (Lipinski definition) is 4. The van der Waals surface area contributed by atoms with E-state index in [2.05, 4.69) is 27.3 Å². The Hall–Kier alpha value is -1.15. The molecule has 1 aliphatic rings. The molecule has 1 aliphatic heterocycles. The van der Waals surface area contributed by atoms with Gasteiger partial charge in [-0.2, -0.15) is 13.2 Å². The Morgan fingerprint density at radius 2 is 2.05 bits per heavy atom. The van der Waals surface area contributed by atoms with Crippen molar-refractivity contribution in [3.05, 3.63) is 11.6 Å². The van der Waals surface area contributed by atoms with Gasteiger partial charge in [0.15, 0.2) is 0 Å². The zero-order valence-electron chi connectivity index (χ0n) is 11.0. The van der Waals surface area contributed by atoms with Crippen molar-refractivity contribution in [3.8, 4) is 0 Å². The van der Waals surface area contributed by atoms with E-state index in [9.17, 15) is 13.2 Å². The minimum atomic E-state index is -4.42. The second-order valence-corrected chi connectivity index (χ2v) is 4.84. The van der Waals surface area contributed by atoms with E-state index in [1.54, 1.807) is 0 Å². The molecular weight excluding hydrogens is 259 g/mol. The molecule has 8 heteroatoms. The first-order valence-corrected chi connectivity index (χ1v) is 6.30. The fraction of sp³-hybridized carbons (Fsp3) is 0.818. The van der Waals surface area contributed by atoms with Crippen LogP contribution < -0.4 is 5.32 Å². The van der Waals surface area contributed by atoms with Gasteiger partial charge in [-0.15, -0.1) is 10.2 Å². The van der Waals surface area contributed by atoms with Crippen molar-refractivity contribution in [1.29, 1.82) is 0 Å². The van der Waals surface area contributed by atoms with Crippen LogP contribution in [0.15, 0.2) is 0 Å². The van der Waals surface area contributed by atoms with Crippen molar-refractivity contribution in [2.24, 2.45) is 0 Å². The third kappa shape index (κ3) is 3.24. The largest absolute Gasteiger partial charge is 0.451 e. The third-order valence-corrected chi connectivity index (χ3v) is 3.46. The lowest BCUT2D eigenvalue weighted by Crippen LogP contribution is -2.37. The van der Waals surface area contributed by atoms with E-state index < -0.39 is 12.0 Å². The molecule has 0 amide bonds. The molecule has 19 heavy (non-hydrogen) atoms. The molecule has 1 aromatic rings. The molecule has 0 aromatic carbocycles.